The van der Waals surface area contributed by atoms with E-state index >= 15 is 0 Å². The third kappa shape index (κ3) is 4.35. The van der Waals surface area contributed by atoms with Crippen molar-refractivity contribution in [3.8, 4) is 5.69 Å². The molecular formula is C21H20ClN3O3. The Balaban J connectivity index is 0.00000280. The number of rotatable bonds is 5. The summed E-state index contributed by atoms with van der Waals surface area (Å²) < 4.78 is 2.03. The van der Waals surface area contributed by atoms with Crippen LogP contribution in [0.5, 0.6) is 0 Å². The van der Waals surface area contributed by atoms with Crippen molar-refractivity contribution in [1.29, 1.82) is 0 Å². The Morgan fingerprint density at radius 3 is 2.21 bits per heavy atom. The van der Waals surface area contributed by atoms with Gasteiger partial charge in [-0.05, 0) is 63.2 Å². The average molecular weight is 398 g/mol. The van der Waals surface area contributed by atoms with Gasteiger partial charge in [0, 0.05) is 46.5 Å². The number of carbonyl (C=O) groups excluding carboxylic acids is 1. The number of carbonyl (C=O) groups is 1. The van der Waals surface area contributed by atoms with Crippen LogP contribution in [0, 0.1) is 24.0 Å². The number of hydrogen-bond acceptors (Lipinski definition) is 4. The molecule has 0 spiro atoms. The zero-order chi connectivity index (χ0) is 19.6. The number of nitro benzene ring substituents is 1. The predicted octanol–water partition coefficient (Wildman–Crippen LogP) is 5.38. The molecule has 28 heavy (non-hydrogen) atoms. The van der Waals surface area contributed by atoms with Crippen molar-refractivity contribution in [1.82, 2.24) is 4.57 Å². The van der Waals surface area contributed by atoms with Gasteiger partial charge in [0.25, 0.3) is 5.69 Å². The first-order valence-electron chi connectivity index (χ1n) is 8.45. The van der Waals surface area contributed by atoms with Crippen molar-refractivity contribution in [3.63, 3.8) is 0 Å². The van der Waals surface area contributed by atoms with Crippen LogP contribution in [-0.4, -0.2) is 21.5 Å². The maximum atomic E-state index is 11.3. The summed E-state index contributed by atoms with van der Waals surface area (Å²) in [6, 6.07) is 15.6. The van der Waals surface area contributed by atoms with Gasteiger partial charge in [0.1, 0.15) is 0 Å². The lowest BCUT2D eigenvalue weighted by Crippen LogP contribution is -2.00. The van der Waals surface area contributed by atoms with Crippen LogP contribution in [0.2, 0.25) is 0 Å². The zero-order valence-corrected chi connectivity index (χ0v) is 16.6. The van der Waals surface area contributed by atoms with Crippen LogP contribution in [0.1, 0.15) is 34.2 Å². The number of aromatic nitrogens is 1. The highest BCUT2D eigenvalue weighted by molar-refractivity contribution is 5.94. The standard InChI is InChI=1S/C21H19N3O3.ClH/c1-14-12-18(13-22-19-6-4-17(5-7-19)16(3)25)15(2)23(14)20-8-10-21(11-9-20)24(26)27;/h4-13H,1-3H3;1H. The molecule has 0 atom stereocenters. The fourth-order valence-electron chi connectivity index (χ4n) is 2.97. The number of halogens is 1. The van der Waals surface area contributed by atoms with Crippen LogP contribution >= 0.6 is 12.4 Å². The second kappa shape index (κ2) is 8.63. The summed E-state index contributed by atoms with van der Waals surface area (Å²) in [5, 5.41) is 10.8. The molecule has 0 aliphatic heterocycles. The van der Waals surface area contributed by atoms with Gasteiger partial charge in [0.2, 0.25) is 0 Å². The number of non-ortho nitro benzene ring substituents is 1. The number of ketones is 1. The normalized spacial score (nSPS) is 10.7. The van der Waals surface area contributed by atoms with Crippen LogP contribution in [0.3, 0.4) is 0 Å². The van der Waals surface area contributed by atoms with E-state index in [0.717, 1.165) is 28.3 Å². The van der Waals surface area contributed by atoms with E-state index < -0.39 is 4.92 Å². The molecule has 0 unspecified atom stereocenters. The first-order valence-corrected chi connectivity index (χ1v) is 8.45. The molecule has 0 radical (unpaired) electrons. The zero-order valence-electron chi connectivity index (χ0n) is 15.7. The highest BCUT2D eigenvalue weighted by atomic mass is 35.5. The van der Waals surface area contributed by atoms with Gasteiger partial charge in [-0.2, -0.15) is 0 Å². The number of nitro groups is 1. The number of hydrogen-bond donors (Lipinski definition) is 0. The predicted molar refractivity (Wildman–Crippen MR) is 113 cm³/mol. The van der Waals surface area contributed by atoms with Crippen LogP contribution in [0.25, 0.3) is 5.69 Å². The number of nitrogens with zero attached hydrogens (tertiary/aromatic N) is 3. The van der Waals surface area contributed by atoms with E-state index in [4.69, 9.17) is 0 Å². The van der Waals surface area contributed by atoms with Crippen molar-refractivity contribution in [2.24, 2.45) is 4.99 Å². The van der Waals surface area contributed by atoms with Crippen molar-refractivity contribution in [3.05, 3.63) is 87.2 Å². The van der Waals surface area contributed by atoms with E-state index in [1.54, 1.807) is 30.5 Å². The first-order chi connectivity index (χ1) is 12.9. The molecule has 1 aromatic heterocycles. The monoisotopic (exact) mass is 397 g/mol. The van der Waals surface area contributed by atoms with E-state index in [2.05, 4.69) is 4.99 Å². The molecule has 0 aliphatic carbocycles. The van der Waals surface area contributed by atoms with Gasteiger partial charge in [-0.25, -0.2) is 0 Å². The van der Waals surface area contributed by atoms with Gasteiger partial charge < -0.3 is 4.57 Å². The Labute approximate surface area is 169 Å². The van der Waals surface area contributed by atoms with E-state index in [-0.39, 0.29) is 23.9 Å². The summed E-state index contributed by atoms with van der Waals surface area (Å²) in [7, 11) is 0. The highest BCUT2D eigenvalue weighted by Gasteiger charge is 2.11. The Morgan fingerprint density at radius 1 is 1.07 bits per heavy atom. The van der Waals surface area contributed by atoms with Gasteiger partial charge in [-0.3, -0.25) is 19.9 Å². The van der Waals surface area contributed by atoms with Crippen molar-refractivity contribution < 1.29 is 9.72 Å². The molecule has 0 saturated heterocycles. The highest BCUT2D eigenvalue weighted by Crippen LogP contribution is 2.23. The second-order valence-corrected chi connectivity index (χ2v) is 6.30. The van der Waals surface area contributed by atoms with Gasteiger partial charge in [0.15, 0.2) is 5.78 Å². The summed E-state index contributed by atoms with van der Waals surface area (Å²) >= 11 is 0. The third-order valence-electron chi connectivity index (χ3n) is 4.42. The lowest BCUT2D eigenvalue weighted by molar-refractivity contribution is -0.384. The molecule has 3 rings (SSSR count). The van der Waals surface area contributed by atoms with E-state index in [0.29, 0.717) is 5.56 Å². The molecule has 2 aromatic carbocycles. The smallest absolute Gasteiger partial charge is 0.269 e. The quantitative estimate of drug-likeness (QED) is 0.251. The summed E-state index contributed by atoms with van der Waals surface area (Å²) in [6.07, 6.45) is 1.78. The van der Waals surface area contributed by atoms with Gasteiger partial charge >= 0.3 is 0 Å². The Bertz CT molecular complexity index is 1040. The molecule has 6 nitrogen and oxygen atoms in total. The van der Waals surface area contributed by atoms with Crippen LogP contribution in [0.15, 0.2) is 59.6 Å². The summed E-state index contributed by atoms with van der Waals surface area (Å²) in [5.41, 5.74) is 5.31. The van der Waals surface area contributed by atoms with E-state index in [1.807, 2.05) is 36.6 Å². The minimum absolute atomic E-state index is 0. The van der Waals surface area contributed by atoms with Gasteiger partial charge in [0.05, 0.1) is 10.6 Å². The molecule has 0 amide bonds. The fraction of sp³-hybridized carbons (Fsp3) is 0.143. The summed E-state index contributed by atoms with van der Waals surface area (Å²) in [4.78, 5) is 26.2. The molecule has 7 heteroatoms. The molecule has 144 valence electrons. The number of Topliss-reactive ketones (excluding diaryl/α,β-unsaturated/α-hetero) is 1. The number of benzene rings is 2. The van der Waals surface area contributed by atoms with E-state index in [1.165, 1.54) is 19.1 Å². The molecule has 0 bridgehead atoms. The molecule has 0 aliphatic rings. The van der Waals surface area contributed by atoms with Gasteiger partial charge in [-0.15, -0.1) is 12.4 Å². The Morgan fingerprint density at radius 2 is 1.68 bits per heavy atom. The Hall–Kier alpha value is -3.25. The SMILES string of the molecule is CC(=O)c1ccc(N=Cc2cc(C)n(-c3ccc([N+](=O)[O-])cc3)c2C)cc1.Cl. The molecule has 0 saturated carbocycles. The van der Waals surface area contributed by atoms with Crippen molar-refractivity contribution >= 4 is 35.8 Å². The lowest BCUT2D eigenvalue weighted by Gasteiger charge is -2.09. The lowest BCUT2D eigenvalue weighted by atomic mass is 10.1. The van der Waals surface area contributed by atoms with Crippen molar-refractivity contribution in [2.45, 2.75) is 20.8 Å². The van der Waals surface area contributed by atoms with Crippen LogP contribution in [-0.2, 0) is 0 Å². The van der Waals surface area contributed by atoms with Crippen LogP contribution < -0.4 is 0 Å². The second-order valence-electron chi connectivity index (χ2n) is 6.30. The fourth-order valence-corrected chi connectivity index (χ4v) is 2.97. The minimum Gasteiger partial charge on any atom is -0.318 e. The van der Waals surface area contributed by atoms with Crippen molar-refractivity contribution in [2.75, 3.05) is 0 Å². The molecule has 1 heterocycles. The third-order valence-corrected chi connectivity index (χ3v) is 4.42. The average Bonchev–Trinajstić information content (AvgIpc) is 2.94. The van der Waals surface area contributed by atoms with E-state index in [9.17, 15) is 14.9 Å². The largest absolute Gasteiger partial charge is 0.318 e. The summed E-state index contributed by atoms with van der Waals surface area (Å²) in [6.45, 7) is 5.49. The Kier molecular flexibility index (Phi) is 6.49. The maximum absolute atomic E-state index is 11.3. The van der Waals surface area contributed by atoms with Gasteiger partial charge in [-0.1, -0.05) is 0 Å². The molecule has 3 aromatic rings. The number of aryl methyl sites for hydroxylation is 1. The minimum atomic E-state index is -0.408. The molecular weight excluding hydrogens is 378 g/mol. The molecule has 0 fully saturated rings. The number of aliphatic imine (C=N–C) groups is 1. The molecule has 0 N–H and O–H groups in total. The first kappa shape index (κ1) is 21.1. The topological polar surface area (TPSA) is 77.5 Å². The maximum Gasteiger partial charge on any atom is 0.269 e. The summed E-state index contributed by atoms with van der Waals surface area (Å²) in [5.74, 6) is 0.0252. The van der Waals surface area contributed by atoms with Crippen LogP contribution in [0.4, 0.5) is 11.4 Å².